The Morgan fingerprint density at radius 3 is 2.57 bits per heavy atom. The van der Waals surface area contributed by atoms with Crippen LogP contribution in [0.2, 0.25) is 5.02 Å². The van der Waals surface area contributed by atoms with Gasteiger partial charge < -0.3 is 15.0 Å². The zero-order valence-corrected chi connectivity index (χ0v) is 17.0. The molecule has 2 aromatic carbocycles. The van der Waals surface area contributed by atoms with Crippen molar-refractivity contribution in [3.05, 3.63) is 58.6 Å². The van der Waals surface area contributed by atoms with E-state index in [2.05, 4.69) is 5.32 Å². The number of hydrogen-bond acceptors (Lipinski definition) is 3. The molecule has 6 heteroatoms. The molecule has 0 aliphatic carbocycles. The van der Waals surface area contributed by atoms with Crippen molar-refractivity contribution in [2.75, 3.05) is 18.4 Å². The number of ether oxygens (including phenoxy) is 1. The smallest absolute Gasteiger partial charge is 0.265 e. The van der Waals surface area contributed by atoms with E-state index < -0.39 is 6.10 Å². The zero-order chi connectivity index (χ0) is 20.1. The van der Waals surface area contributed by atoms with Gasteiger partial charge in [-0.25, -0.2) is 0 Å². The fourth-order valence-electron chi connectivity index (χ4n) is 3.26. The summed E-state index contributed by atoms with van der Waals surface area (Å²) in [5, 5.41) is 3.53. The molecule has 1 N–H and O–H groups in total. The minimum Gasteiger partial charge on any atom is -0.481 e. The number of hydrogen-bond donors (Lipinski definition) is 1. The number of carbonyl (C=O) groups is 2. The van der Waals surface area contributed by atoms with Crippen LogP contribution in [0.25, 0.3) is 0 Å². The molecule has 1 heterocycles. The molecule has 1 fully saturated rings. The van der Waals surface area contributed by atoms with Crippen LogP contribution in [0.4, 0.5) is 5.69 Å². The number of para-hydroxylation sites is 1. The Kier molecular flexibility index (Phi) is 6.57. The van der Waals surface area contributed by atoms with Gasteiger partial charge in [0.15, 0.2) is 6.10 Å². The average molecular weight is 401 g/mol. The molecule has 0 bridgehead atoms. The van der Waals surface area contributed by atoms with E-state index in [4.69, 9.17) is 16.3 Å². The zero-order valence-electron chi connectivity index (χ0n) is 16.2. The maximum atomic E-state index is 12.8. The minimum absolute atomic E-state index is 0.0457. The van der Waals surface area contributed by atoms with Crippen LogP contribution in [0, 0.1) is 6.92 Å². The number of benzene rings is 2. The number of anilines is 1. The predicted octanol–water partition coefficient (Wildman–Crippen LogP) is 4.68. The highest BCUT2D eigenvalue weighted by Crippen LogP contribution is 2.24. The minimum atomic E-state index is -0.671. The monoisotopic (exact) mass is 400 g/mol. The summed E-state index contributed by atoms with van der Waals surface area (Å²) in [4.78, 5) is 27.4. The van der Waals surface area contributed by atoms with E-state index in [0.717, 1.165) is 31.5 Å². The lowest BCUT2D eigenvalue weighted by atomic mass is 10.1. The van der Waals surface area contributed by atoms with Gasteiger partial charge in [0.2, 0.25) is 0 Å². The first-order valence-corrected chi connectivity index (χ1v) is 9.99. The first kappa shape index (κ1) is 20.2. The Hall–Kier alpha value is -2.53. The highest BCUT2D eigenvalue weighted by molar-refractivity contribution is 6.31. The van der Waals surface area contributed by atoms with E-state index in [1.807, 2.05) is 30.9 Å². The molecule has 1 aliphatic heterocycles. The van der Waals surface area contributed by atoms with Crippen molar-refractivity contribution in [3.8, 4) is 5.75 Å². The third-order valence-electron chi connectivity index (χ3n) is 4.88. The van der Waals surface area contributed by atoms with Crippen molar-refractivity contribution in [2.45, 2.75) is 39.2 Å². The Balaban J connectivity index is 1.73. The van der Waals surface area contributed by atoms with E-state index in [9.17, 15) is 9.59 Å². The molecule has 1 aliphatic rings. The van der Waals surface area contributed by atoms with Gasteiger partial charge in [-0.15, -0.1) is 0 Å². The molecular formula is C22H25ClN2O3. The van der Waals surface area contributed by atoms with Crippen LogP contribution in [0.5, 0.6) is 5.75 Å². The van der Waals surface area contributed by atoms with Crippen LogP contribution in [-0.4, -0.2) is 35.9 Å². The van der Waals surface area contributed by atoms with Gasteiger partial charge in [-0.3, -0.25) is 9.59 Å². The summed E-state index contributed by atoms with van der Waals surface area (Å²) >= 11 is 6.05. The summed E-state index contributed by atoms with van der Waals surface area (Å²) in [5.41, 5.74) is 1.91. The molecule has 148 valence electrons. The lowest BCUT2D eigenvalue weighted by Crippen LogP contribution is -2.34. The molecule has 1 saturated heterocycles. The third-order valence-corrected chi connectivity index (χ3v) is 5.30. The number of carbonyl (C=O) groups excluding carboxylic acids is 2. The lowest BCUT2D eigenvalue weighted by Gasteiger charge is -2.20. The normalized spacial score (nSPS) is 14.6. The van der Waals surface area contributed by atoms with E-state index >= 15 is 0 Å². The van der Waals surface area contributed by atoms with Crippen molar-refractivity contribution in [3.63, 3.8) is 0 Å². The van der Waals surface area contributed by atoms with Crippen LogP contribution in [0.1, 0.15) is 42.1 Å². The van der Waals surface area contributed by atoms with Crippen molar-refractivity contribution >= 4 is 29.1 Å². The van der Waals surface area contributed by atoms with Gasteiger partial charge in [0.25, 0.3) is 11.8 Å². The summed E-state index contributed by atoms with van der Waals surface area (Å²) in [7, 11) is 0. The number of likely N-dealkylation sites (tertiary alicyclic amines) is 1. The second-order valence-corrected chi connectivity index (χ2v) is 7.37. The molecule has 0 unspecified atom stereocenters. The Bertz CT molecular complexity index is 863. The number of rotatable bonds is 6. The number of aryl methyl sites for hydroxylation is 1. The fraction of sp³-hybridized carbons (Fsp3) is 0.364. The number of amides is 2. The van der Waals surface area contributed by atoms with Gasteiger partial charge >= 0.3 is 0 Å². The fourth-order valence-corrected chi connectivity index (χ4v) is 3.38. The van der Waals surface area contributed by atoms with E-state index in [-0.39, 0.29) is 11.8 Å². The Morgan fingerprint density at radius 2 is 1.89 bits per heavy atom. The standard InChI is InChI=1S/C22H25ClN2O3/c1-3-20(28-16-10-11-18(23)15(2)14-16)21(26)24-19-9-5-4-8-17(19)22(27)25-12-6-7-13-25/h4-5,8-11,14,20H,3,6-7,12-13H2,1-2H3,(H,24,26)/t20-/m1/s1. The van der Waals surface area contributed by atoms with Gasteiger partial charge in [0.1, 0.15) is 5.75 Å². The second kappa shape index (κ2) is 9.11. The molecule has 28 heavy (non-hydrogen) atoms. The molecule has 5 nitrogen and oxygen atoms in total. The third kappa shape index (κ3) is 4.65. The van der Waals surface area contributed by atoms with Gasteiger partial charge in [-0.05, 0) is 62.1 Å². The van der Waals surface area contributed by atoms with E-state index in [1.165, 1.54) is 0 Å². The highest BCUT2D eigenvalue weighted by atomic mass is 35.5. The molecule has 3 rings (SSSR count). The van der Waals surface area contributed by atoms with Crippen molar-refractivity contribution in [1.82, 2.24) is 4.90 Å². The molecule has 0 radical (unpaired) electrons. The number of nitrogens with zero attached hydrogens (tertiary/aromatic N) is 1. The molecule has 0 saturated carbocycles. The van der Waals surface area contributed by atoms with E-state index in [0.29, 0.717) is 28.4 Å². The Labute approximate surface area is 170 Å². The highest BCUT2D eigenvalue weighted by Gasteiger charge is 2.24. The van der Waals surface area contributed by atoms with Crippen LogP contribution in [-0.2, 0) is 4.79 Å². The van der Waals surface area contributed by atoms with Crippen LogP contribution in [0.3, 0.4) is 0 Å². The van der Waals surface area contributed by atoms with Gasteiger partial charge in [0.05, 0.1) is 11.3 Å². The average Bonchev–Trinajstić information content (AvgIpc) is 3.23. The lowest BCUT2D eigenvalue weighted by molar-refractivity contribution is -0.122. The molecule has 1 atom stereocenters. The van der Waals surface area contributed by atoms with Crippen molar-refractivity contribution < 1.29 is 14.3 Å². The summed E-state index contributed by atoms with van der Waals surface area (Å²) in [6.07, 6.45) is 1.87. The topological polar surface area (TPSA) is 58.6 Å². The predicted molar refractivity (Wildman–Crippen MR) is 111 cm³/mol. The van der Waals surface area contributed by atoms with Crippen LogP contribution < -0.4 is 10.1 Å². The second-order valence-electron chi connectivity index (χ2n) is 6.96. The molecule has 0 spiro atoms. The van der Waals surface area contributed by atoms with E-state index in [1.54, 1.807) is 30.3 Å². The van der Waals surface area contributed by atoms with Gasteiger partial charge in [-0.1, -0.05) is 30.7 Å². The van der Waals surface area contributed by atoms with Crippen LogP contribution in [0.15, 0.2) is 42.5 Å². The molecule has 2 amide bonds. The first-order valence-electron chi connectivity index (χ1n) is 9.61. The SMILES string of the molecule is CC[C@@H](Oc1ccc(Cl)c(C)c1)C(=O)Nc1ccccc1C(=O)N1CCCC1. The quantitative estimate of drug-likeness (QED) is 0.765. The molecule has 0 aromatic heterocycles. The number of halogens is 1. The maximum absolute atomic E-state index is 12.8. The Morgan fingerprint density at radius 1 is 1.18 bits per heavy atom. The molecular weight excluding hydrogens is 376 g/mol. The summed E-state index contributed by atoms with van der Waals surface area (Å²) in [6, 6.07) is 12.4. The van der Waals surface area contributed by atoms with Crippen LogP contribution >= 0.6 is 11.6 Å². The first-order chi connectivity index (χ1) is 13.5. The molecule has 2 aromatic rings. The summed E-state index contributed by atoms with van der Waals surface area (Å²) < 4.78 is 5.87. The summed E-state index contributed by atoms with van der Waals surface area (Å²) in [6.45, 7) is 5.29. The van der Waals surface area contributed by atoms with Gasteiger partial charge in [-0.2, -0.15) is 0 Å². The van der Waals surface area contributed by atoms with Gasteiger partial charge in [0, 0.05) is 18.1 Å². The van der Waals surface area contributed by atoms with Crippen molar-refractivity contribution in [2.24, 2.45) is 0 Å². The van der Waals surface area contributed by atoms with Crippen molar-refractivity contribution in [1.29, 1.82) is 0 Å². The number of nitrogens with one attached hydrogen (secondary N) is 1. The largest absolute Gasteiger partial charge is 0.481 e. The maximum Gasteiger partial charge on any atom is 0.265 e. The summed E-state index contributed by atoms with van der Waals surface area (Å²) in [5.74, 6) is 0.262.